The summed E-state index contributed by atoms with van der Waals surface area (Å²) >= 11 is 0. The minimum absolute atomic E-state index is 0. The van der Waals surface area contributed by atoms with E-state index in [2.05, 4.69) is 0 Å². The first-order valence-corrected chi connectivity index (χ1v) is 4.22. The zero-order valence-electron chi connectivity index (χ0n) is 8.01. The van der Waals surface area contributed by atoms with E-state index in [9.17, 15) is 4.79 Å². The van der Waals surface area contributed by atoms with Crippen molar-refractivity contribution in [1.29, 1.82) is 0 Å². The van der Waals surface area contributed by atoms with Crippen LogP contribution in [-0.4, -0.2) is 5.78 Å². The number of allylic oxidation sites excluding steroid dienone is 1. The van der Waals surface area contributed by atoms with Crippen molar-refractivity contribution in [3.63, 3.8) is 0 Å². The van der Waals surface area contributed by atoms with E-state index in [0.29, 0.717) is 0 Å². The second kappa shape index (κ2) is 6.35. The zero-order chi connectivity index (χ0) is 9.68. The largest absolute Gasteiger partial charge is 0.318 e. The molecule has 0 fully saturated rings. The van der Waals surface area contributed by atoms with Gasteiger partial charge in [0, 0.05) is 0 Å². The fourth-order valence-electron chi connectivity index (χ4n) is 1.09. The van der Waals surface area contributed by atoms with Crippen molar-refractivity contribution in [3.05, 3.63) is 48.0 Å². The maximum Gasteiger partial charge on any atom is 0.176 e. The molecule has 0 heterocycles. The number of ketones is 1. The molecular weight excluding hydrogens is 198 g/mol. The summed E-state index contributed by atoms with van der Waals surface area (Å²) in [5.74, 6) is -0.0614. The van der Waals surface area contributed by atoms with Crippen LogP contribution in [-0.2, 0) is 4.79 Å². The Kier molecular flexibility index (Phi) is 5.84. The third kappa shape index (κ3) is 3.32. The van der Waals surface area contributed by atoms with Gasteiger partial charge in [0.15, 0.2) is 5.78 Å². The Morgan fingerprint density at radius 1 is 1.36 bits per heavy atom. The van der Waals surface area contributed by atoms with Crippen molar-refractivity contribution in [2.75, 3.05) is 0 Å². The van der Waals surface area contributed by atoms with E-state index in [4.69, 9.17) is 5.73 Å². The summed E-state index contributed by atoms with van der Waals surface area (Å²) in [6, 6.07) is 8.82. The smallest absolute Gasteiger partial charge is 0.176 e. The molecular formula is C11H14ClNO. The first-order chi connectivity index (χ1) is 6.25. The SMILES string of the molecule is CC=CC(=O)C(N)c1ccccc1.Cl. The summed E-state index contributed by atoms with van der Waals surface area (Å²) in [7, 11) is 0. The summed E-state index contributed by atoms with van der Waals surface area (Å²) < 4.78 is 0. The molecule has 0 aliphatic heterocycles. The van der Waals surface area contributed by atoms with E-state index < -0.39 is 6.04 Å². The van der Waals surface area contributed by atoms with Crippen LogP contribution in [0.15, 0.2) is 42.5 Å². The molecule has 1 aromatic carbocycles. The first kappa shape index (κ1) is 12.9. The topological polar surface area (TPSA) is 43.1 Å². The second-order valence-corrected chi connectivity index (χ2v) is 2.79. The van der Waals surface area contributed by atoms with Crippen molar-refractivity contribution in [1.82, 2.24) is 0 Å². The van der Waals surface area contributed by atoms with Crippen molar-refractivity contribution in [2.45, 2.75) is 13.0 Å². The Labute approximate surface area is 90.2 Å². The van der Waals surface area contributed by atoms with Gasteiger partial charge in [0.05, 0.1) is 6.04 Å². The minimum Gasteiger partial charge on any atom is -0.318 e. The number of carbonyl (C=O) groups excluding carboxylic acids is 1. The van der Waals surface area contributed by atoms with Gasteiger partial charge in [-0.15, -0.1) is 12.4 Å². The number of carbonyl (C=O) groups is 1. The van der Waals surface area contributed by atoms with E-state index in [1.807, 2.05) is 30.3 Å². The van der Waals surface area contributed by atoms with Gasteiger partial charge in [0.25, 0.3) is 0 Å². The van der Waals surface area contributed by atoms with E-state index in [1.165, 1.54) is 6.08 Å². The highest BCUT2D eigenvalue weighted by Gasteiger charge is 2.11. The predicted molar refractivity (Wildman–Crippen MR) is 60.4 cm³/mol. The average Bonchev–Trinajstić information content (AvgIpc) is 2.18. The fraction of sp³-hybridized carbons (Fsp3) is 0.182. The van der Waals surface area contributed by atoms with Crippen LogP contribution in [0.5, 0.6) is 0 Å². The fourth-order valence-corrected chi connectivity index (χ4v) is 1.09. The van der Waals surface area contributed by atoms with E-state index in [-0.39, 0.29) is 18.2 Å². The number of benzene rings is 1. The highest BCUT2D eigenvalue weighted by atomic mass is 35.5. The molecule has 76 valence electrons. The summed E-state index contributed by atoms with van der Waals surface area (Å²) in [4.78, 5) is 11.3. The second-order valence-electron chi connectivity index (χ2n) is 2.79. The van der Waals surface area contributed by atoms with E-state index in [1.54, 1.807) is 13.0 Å². The molecule has 2 nitrogen and oxygen atoms in total. The lowest BCUT2D eigenvalue weighted by Gasteiger charge is -2.07. The van der Waals surface area contributed by atoms with Gasteiger partial charge in [0.1, 0.15) is 0 Å². The third-order valence-electron chi connectivity index (χ3n) is 1.80. The molecule has 0 saturated heterocycles. The van der Waals surface area contributed by atoms with Gasteiger partial charge in [-0.05, 0) is 18.6 Å². The van der Waals surface area contributed by atoms with Crippen LogP contribution in [0.3, 0.4) is 0 Å². The van der Waals surface area contributed by atoms with Crippen LogP contribution < -0.4 is 5.73 Å². The van der Waals surface area contributed by atoms with Crippen LogP contribution in [0.4, 0.5) is 0 Å². The van der Waals surface area contributed by atoms with Crippen LogP contribution >= 0.6 is 12.4 Å². The molecule has 0 aromatic heterocycles. The van der Waals surface area contributed by atoms with Crippen LogP contribution in [0.1, 0.15) is 18.5 Å². The van der Waals surface area contributed by atoms with Crippen molar-refractivity contribution in [2.24, 2.45) is 5.73 Å². The molecule has 1 unspecified atom stereocenters. The molecule has 3 heteroatoms. The minimum atomic E-state index is -0.530. The zero-order valence-corrected chi connectivity index (χ0v) is 8.83. The van der Waals surface area contributed by atoms with Gasteiger partial charge >= 0.3 is 0 Å². The lowest BCUT2D eigenvalue weighted by molar-refractivity contribution is -0.115. The quantitative estimate of drug-likeness (QED) is 0.780. The number of hydrogen-bond acceptors (Lipinski definition) is 2. The molecule has 0 spiro atoms. The number of rotatable bonds is 3. The Bertz CT molecular complexity index is 308. The van der Waals surface area contributed by atoms with Crippen LogP contribution in [0.25, 0.3) is 0 Å². The molecule has 1 atom stereocenters. The summed E-state index contributed by atoms with van der Waals surface area (Å²) in [6.07, 6.45) is 3.20. The lowest BCUT2D eigenvalue weighted by atomic mass is 10.0. The Morgan fingerprint density at radius 2 is 1.93 bits per heavy atom. The highest BCUT2D eigenvalue weighted by molar-refractivity contribution is 5.94. The molecule has 0 amide bonds. The number of hydrogen-bond donors (Lipinski definition) is 1. The number of nitrogens with two attached hydrogens (primary N) is 1. The van der Waals surface area contributed by atoms with E-state index in [0.717, 1.165) is 5.56 Å². The van der Waals surface area contributed by atoms with Crippen LogP contribution in [0, 0.1) is 0 Å². The highest BCUT2D eigenvalue weighted by Crippen LogP contribution is 2.10. The van der Waals surface area contributed by atoms with Crippen molar-refractivity contribution in [3.8, 4) is 0 Å². The molecule has 1 aromatic rings. The first-order valence-electron chi connectivity index (χ1n) is 4.22. The van der Waals surface area contributed by atoms with Crippen molar-refractivity contribution >= 4 is 18.2 Å². The Balaban J connectivity index is 0.00000169. The molecule has 1 rings (SSSR count). The van der Waals surface area contributed by atoms with Gasteiger partial charge in [-0.3, -0.25) is 4.79 Å². The molecule has 0 saturated carbocycles. The summed E-state index contributed by atoms with van der Waals surface area (Å²) in [5, 5.41) is 0. The van der Waals surface area contributed by atoms with Gasteiger partial charge in [-0.25, -0.2) is 0 Å². The standard InChI is InChI=1S/C11H13NO.ClH/c1-2-6-10(13)11(12)9-7-4-3-5-8-9;/h2-8,11H,12H2,1H3;1H. The predicted octanol–water partition coefficient (Wildman–Crippen LogP) is 2.25. The van der Waals surface area contributed by atoms with Crippen molar-refractivity contribution < 1.29 is 4.79 Å². The monoisotopic (exact) mass is 211 g/mol. The summed E-state index contributed by atoms with van der Waals surface area (Å²) in [6.45, 7) is 1.80. The maximum absolute atomic E-state index is 11.3. The Hall–Kier alpha value is -1.12. The van der Waals surface area contributed by atoms with Gasteiger partial charge in [-0.2, -0.15) is 0 Å². The van der Waals surface area contributed by atoms with E-state index >= 15 is 0 Å². The lowest BCUT2D eigenvalue weighted by Crippen LogP contribution is -2.19. The summed E-state index contributed by atoms with van der Waals surface area (Å²) in [5.41, 5.74) is 6.58. The molecule has 0 aliphatic carbocycles. The van der Waals surface area contributed by atoms with Gasteiger partial charge < -0.3 is 5.73 Å². The molecule has 0 aliphatic rings. The number of halogens is 1. The van der Waals surface area contributed by atoms with Gasteiger partial charge in [-0.1, -0.05) is 36.4 Å². The maximum atomic E-state index is 11.3. The molecule has 0 radical (unpaired) electrons. The van der Waals surface area contributed by atoms with Gasteiger partial charge in [0.2, 0.25) is 0 Å². The van der Waals surface area contributed by atoms with Crippen LogP contribution in [0.2, 0.25) is 0 Å². The Morgan fingerprint density at radius 3 is 2.43 bits per heavy atom. The normalized spacial score (nSPS) is 12.1. The third-order valence-corrected chi connectivity index (χ3v) is 1.80. The molecule has 2 N–H and O–H groups in total. The molecule has 14 heavy (non-hydrogen) atoms. The molecule has 0 bridgehead atoms. The average molecular weight is 212 g/mol.